The summed E-state index contributed by atoms with van der Waals surface area (Å²) in [4.78, 5) is 35.2. The average molecular weight is 399 g/mol. The summed E-state index contributed by atoms with van der Waals surface area (Å²) in [5.74, 6) is -1.07. The number of esters is 1. The third kappa shape index (κ3) is 4.77. The van der Waals surface area contributed by atoms with Gasteiger partial charge < -0.3 is 10.1 Å². The Labute approximate surface area is 145 Å². The molecular weight excluding hydrogens is 384 g/mol. The molecule has 1 N–H and O–H groups in total. The van der Waals surface area contributed by atoms with Crippen molar-refractivity contribution in [2.24, 2.45) is 0 Å². The molecule has 1 aromatic carbocycles. The Hall–Kier alpha value is -1.93. The van der Waals surface area contributed by atoms with Crippen LogP contribution < -0.4 is 10.2 Å². The van der Waals surface area contributed by atoms with Gasteiger partial charge in [-0.2, -0.15) is 0 Å². The van der Waals surface area contributed by atoms with E-state index in [9.17, 15) is 14.4 Å². The van der Waals surface area contributed by atoms with E-state index in [1.807, 2.05) is 0 Å². The summed E-state index contributed by atoms with van der Waals surface area (Å²) >= 11 is 4.32. The Morgan fingerprint density at radius 1 is 1.35 bits per heavy atom. The molecule has 0 bridgehead atoms. The van der Waals surface area contributed by atoms with E-state index in [-0.39, 0.29) is 11.4 Å². The molecule has 1 atom stereocenters. The molecule has 122 valence electrons. The van der Waals surface area contributed by atoms with E-state index < -0.39 is 18.0 Å². The van der Waals surface area contributed by atoms with Crippen LogP contribution >= 0.6 is 27.3 Å². The lowest BCUT2D eigenvalue weighted by Crippen LogP contribution is -2.32. The van der Waals surface area contributed by atoms with Crippen molar-refractivity contribution in [1.29, 1.82) is 0 Å². The van der Waals surface area contributed by atoms with Gasteiger partial charge in [-0.25, -0.2) is 0 Å². The van der Waals surface area contributed by atoms with Crippen LogP contribution in [0.25, 0.3) is 0 Å². The largest absolute Gasteiger partial charge is 0.451 e. The van der Waals surface area contributed by atoms with Gasteiger partial charge in [0.25, 0.3) is 5.91 Å². The van der Waals surface area contributed by atoms with Crippen LogP contribution in [-0.2, 0) is 20.9 Å². The minimum Gasteiger partial charge on any atom is -0.451 e. The van der Waals surface area contributed by atoms with Crippen LogP contribution in [0, 0.1) is 6.92 Å². The predicted octanol–water partition coefficient (Wildman–Crippen LogP) is 2.55. The first-order valence-electron chi connectivity index (χ1n) is 6.77. The van der Waals surface area contributed by atoms with Crippen LogP contribution in [0.15, 0.2) is 38.9 Å². The van der Waals surface area contributed by atoms with E-state index in [2.05, 4.69) is 21.2 Å². The maximum atomic E-state index is 12.0. The number of aryl methyl sites for hydroxylation is 1. The summed E-state index contributed by atoms with van der Waals surface area (Å²) in [7, 11) is 0. The van der Waals surface area contributed by atoms with Gasteiger partial charge in [0.15, 0.2) is 6.10 Å². The smallest absolute Gasteiger partial charge is 0.326 e. The summed E-state index contributed by atoms with van der Waals surface area (Å²) in [6.07, 6.45) is -0.958. The standard InChI is InChI=1S/C15H15BrN2O4S/c1-9-8-23-15(21)18(9)7-13(19)22-10(2)14(20)17-12-5-3-11(16)4-6-12/h3-6,8,10H,7H2,1-2H3,(H,17,20). The maximum absolute atomic E-state index is 12.0. The Bertz CT molecular complexity index is 767. The number of aromatic nitrogens is 1. The molecule has 1 heterocycles. The molecule has 0 aliphatic carbocycles. The van der Waals surface area contributed by atoms with Crippen molar-refractivity contribution in [3.63, 3.8) is 0 Å². The molecule has 2 rings (SSSR count). The van der Waals surface area contributed by atoms with Gasteiger partial charge in [-0.05, 0) is 38.1 Å². The van der Waals surface area contributed by atoms with Gasteiger partial charge in [-0.1, -0.05) is 27.3 Å². The number of ether oxygens (including phenoxy) is 1. The third-order valence-electron chi connectivity index (χ3n) is 3.05. The third-order valence-corrected chi connectivity index (χ3v) is 4.46. The number of carbonyl (C=O) groups is 2. The molecule has 0 saturated carbocycles. The zero-order valence-corrected chi connectivity index (χ0v) is 14.9. The molecule has 23 heavy (non-hydrogen) atoms. The molecule has 0 aliphatic heterocycles. The second-order valence-electron chi connectivity index (χ2n) is 4.86. The molecule has 1 amide bonds. The molecule has 0 aliphatic rings. The first-order valence-corrected chi connectivity index (χ1v) is 8.45. The summed E-state index contributed by atoms with van der Waals surface area (Å²) in [6.45, 7) is 3.01. The Morgan fingerprint density at radius 2 is 2.00 bits per heavy atom. The van der Waals surface area contributed by atoms with Crippen molar-refractivity contribution < 1.29 is 14.3 Å². The lowest BCUT2D eigenvalue weighted by atomic mass is 10.3. The monoisotopic (exact) mass is 398 g/mol. The van der Waals surface area contributed by atoms with Gasteiger partial charge in [-0.15, -0.1) is 0 Å². The number of rotatable bonds is 5. The first-order chi connectivity index (χ1) is 10.9. The number of anilines is 1. The van der Waals surface area contributed by atoms with Gasteiger partial charge in [0.2, 0.25) is 0 Å². The molecule has 0 saturated heterocycles. The molecule has 0 fully saturated rings. The van der Waals surface area contributed by atoms with E-state index in [0.29, 0.717) is 11.4 Å². The normalized spacial score (nSPS) is 11.8. The zero-order valence-electron chi connectivity index (χ0n) is 12.5. The first kappa shape index (κ1) is 17.4. The van der Waals surface area contributed by atoms with Crippen molar-refractivity contribution >= 4 is 44.8 Å². The number of halogens is 1. The Morgan fingerprint density at radius 3 is 2.57 bits per heavy atom. The average Bonchev–Trinajstić information content (AvgIpc) is 2.81. The molecule has 1 aromatic heterocycles. The summed E-state index contributed by atoms with van der Waals surface area (Å²) in [5, 5.41) is 4.32. The minimum absolute atomic E-state index is 0.204. The minimum atomic E-state index is -0.958. The van der Waals surface area contributed by atoms with Crippen molar-refractivity contribution in [2.45, 2.75) is 26.5 Å². The molecule has 6 nitrogen and oxygen atoms in total. The SMILES string of the molecule is Cc1csc(=O)n1CC(=O)OC(C)C(=O)Nc1ccc(Br)cc1. The van der Waals surface area contributed by atoms with Gasteiger partial charge in [-0.3, -0.25) is 19.0 Å². The number of benzene rings is 1. The fraction of sp³-hybridized carbons (Fsp3) is 0.267. The Balaban J connectivity index is 1.91. The number of hydrogen-bond donors (Lipinski definition) is 1. The highest BCUT2D eigenvalue weighted by Gasteiger charge is 2.19. The van der Waals surface area contributed by atoms with Crippen LogP contribution in [0.1, 0.15) is 12.6 Å². The van der Waals surface area contributed by atoms with Crippen molar-refractivity contribution in [2.75, 3.05) is 5.32 Å². The van der Waals surface area contributed by atoms with E-state index in [0.717, 1.165) is 15.8 Å². The number of hydrogen-bond acceptors (Lipinski definition) is 5. The van der Waals surface area contributed by atoms with Crippen molar-refractivity contribution in [1.82, 2.24) is 4.57 Å². The fourth-order valence-corrected chi connectivity index (χ4v) is 2.79. The van der Waals surface area contributed by atoms with Gasteiger partial charge in [0.1, 0.15) is 6.54 Å². The number of amides is 1. The lowest BCUT2D eigenvalue weighted by Gasteiger charge is -2.14. The number of nitrogens with zero attached hydrogens (tertiary/aromatic N) is 1. The van der Waals surface area contributed by atoms with E-state index >= 15 is 0 Å². The highest BCUT2D eigenvalue weighted by molar-refractivity contribution is 9.10. The van der Waals surface area contributed by atoms with Crippen LogP contribution in [0.4, 0.5) is 5.69 Å². The second-order valence-corrected chi connectivity index (χ2v) is 6.59. The van der Waals surface area contributed by atoms with Crippen molar-refractivity contribution in [3.05, 3.63) is 49.5 Å². The lowest BCUT2D eigenvalue weighted by molar-refractivity contribution is -0.153. The van der Waals surface area contributed by atoms with Gasteiger partial charge >= 0.3 is 10.8 Å². The zero-order chi connectivity index (χ0) is 17.0. The molecule has 1 unspecified atom stereocenters. The molecule has 2 aromatic rings. The van der Waals surface area contributed by atoms with E-state index in [1.165, 1.54) is 11.5 Å². The van der Waals surface area contributed by atoms with Gasteiger partial charge in [0.05, 0.1) is 0 Å². The van der Waals surface area contributed by atoms with E-state index in [4.69, 9.17) is 4.74 Å². The fourth-order valence-electron chi connectivity index (χ4n) is 1.79. The van der Waals surface area contributed by atoms with Crippen LogP contribution in [-0.4, -0.2) is 22.5 Å². The molecular formula is C15H15BrN2O4S. The van der Waals surface area contributed by atoms with Gasteiger partial charge in [0, 0.05) is 21.2 Å². The second kappa shape index (κ2) is 7.56. The van der Waals surface area contributed by atoms with Crippen LogP contribution in [0.5, 0.6) is 0 Å². The predicted molar refractivity (Wildman–Crippen MR) is 91.6 cm³/mol. The highest BCUT2D eigenvalue weighted by Crippen LogP contribution is 2.14. The van der Waals surface area contributed by atoms with Crippen LogP contribution in [0.2, 0.25) is 0 Å². The number of thiazole rings is 1. The maximum Gasteiger partial charge on any atom is 0.326 e. The van der Waals surface area contributed by atoms with Crippen LogP contribution in [0.3, 0.4) is 0 Å². The highest BCUT2D eigenvalue weighted by atomic mass is 79.9. The Kier molecular flexibility index (Phi) is 5.73. The molecule has 0 spiro atoms. The summed E-state index contributed by atoms with van der Waals surface area (Å²) < 4.78 is 7.28. The quantitative estimate of drug-likeness (QED) is 0.784. The van der Waals surface area contributed by atoms with E-state index in [1.54, 1.807) is 36.6 Å². The molecule has 8 heteroatoms. The number of carbonyl (C=O) groups excluding carboxylic acids is 2. The molecule has 0 radical (unpaired) electrons. The summed E-state index contributed by atoms with van der Waals surface area (Å²) in [6, 6.07) is 7.03. The topological polar surface area (TPSA) is 77.4 Å². The number of nitrogens with one attached hydrogen (secondary N) is 1. The summed E-state index contributed by atoms with van der Waals surface area (Å²) in [5.41, 5.74) is 1.29. The van der Waals surface area contributed by atoms with Crippen molar-refractivity contribution in [3.8, 4) is 0 Å².